The summed E-state index contributed by atoms with van der Waals surface area (Å²) >= 11 is 0. The number of hydrogen-bond acceptors (Lipinski definition) is 3. The number of nitrogens with zero attached hydrogens (tertiary/aromatic N) is 2. The molecule has 0 radical (unpaired) electrons. The zero-order valence-corrected chi connectivity index (χ0v) is 12.7. The Balaban J connectivity index is 2.33. The summed E-state index contributed by atoms with van der Waals surface area (Å²) in [5.74, 6) is 0.750. The molecule has 1 aliphatic carbocycles. The third kappa shape index (κ3) is 2.82. The van der Waals surface area contributed by atoms with Crippen molar-refractivity contribution in [2.75, 3.05) is 14.1 Å². The molecule has 1 aromatic heterocycles. The molecule has 0 aromatic carbocycles. The van der Waals surface area contributed by atoms with Crippen LogP contribution in [0.2, 0.25) is 0 Å². The van der Waals surface area contributed by atoms with Gasteiger partial charge in [0.1, 0.15) is 0 Å². The van der Waals surface area contributed by atoms with E-state index in [4.69, 9.17) is 5.73 Å². The van der Waals surface area contributed by atoms with Gasteiger partial charge in [-0.15, -0.1) is 0 Å². The largest absolute Gasteiger partial charge is 0.322 e. The maximum Gasteiger partial charge on any atom is 0.0497 e. The van der Waals surface area contributed by atoms with Gasteiger partial charge in [0.25, 0.3) is 0 Å². The molecule has 106 valence electrons. The Labute approximate surface area is 117 Å². The lowest BCUT2D eigenvalue weighted by molar-refractivity contribution is 0.0498. The fourth-order valence-electron chi connectivity index (χ4n) is 3.59. The van der Waals surface area contributed by atoms with Gasteiger partial charge in [-0.25, -0.2) is 0 Å². The second-order valence-electron chi connectivity index (χ2n) is 6.47. The van der Waals surface area contributed by atoms with Gasteiger partial charge in [-0.05, 0) is 50.9 Å². The van der Waals surface area contributed by atoms with Crippen molar-refractivity contribution in [2.24, 2.45) is 11.7 Å². The Morgan fingerprint density at radius 1 is 1.42 bits per heavy atom. The lowest BCUT2D eigenvalue weighted by atomic mass is 9.70. The van der Waals surface area contributed by atoms with Crippen molar-refractivity contribution in [1.29, 1.82) is 0 Å². The fraction of sp³-hybridized carbons (Fsp3) is 0.688. The van der Waals surface area contributed by atoms with Crippen LogP contribution >= 0.6 is 0 Å². The van der Waals surface area contributed by atoms with Crippen molar-refractivity contribution in [3.05, 3.63) is 29.6 Å². The second kappa shape index (κ2) is 5.59. The van der Waals surface area contributed by atoms with E-state index < -0.39 is 0 Å². The van der Waals surface area contributed by atoms with E-state index in [9.17, 15) is 0 Å². The SMILES string of the molecule is Cc1cncc(C(N)C2(N(C)C)CCCC(C)C2)c1. The summed E-state index contributed by atoms with van der Waals surface area (Å²) in [5, 5.41) is 0. The first-order valence-corrected chi connectivity index (χ1v) is 7.30. The van der Waals surface area contributed by atoms with Gasteiger partial charge in [0, 0.05) is 24.0 Å². The topological polar surface area (TPSA) is 42.1 Å². The maximum atomic E-state index is 6.66. The minimum Gasteiger partial charge on any atom is -0.322 e. The number of hydrogen-bond donors (Lipinski definition) is 1. The predicted molar refractivity (Wildman–Crippen MR) is 80.0 cm³/mol. The van der Waals surface area contributed by atoms with Gasteiger partial charge < -0.3 is 10.6 Å². The van der Waals surface area contributed by atoms with Crippen LogP contribution in [0.5, 0.6) is 0 Å². The molecular formula is C16H27N3. The first-order chi connectivity index (χ1) is 8.95. The molecule has 1 heterocycles. The zero-order valence-electron chi connectivity index (χ0n) is 12.7. The van der Waals surface area contributed by atoms with Crippen LogP contribution < -0.4 is 5.73 Å². The zero-order chi connectivity index (χ0) is 14.0. The van der Waals surface area contributed by atoms with E-state index in [0.717, 1.165) is 5.92 Å². The number of likely N-dealkylation sites (N-methyl/N-ethyl adjacent to an activating group) is 1. The minimum atomic E-state index is 0.0395. The van der Waals surface area contributed by atoms with E-state index in [-0.39, 0.29) is 11.6 Å². The molecule has 2 N–H and O–H groups in total. The van der Waals surface area contributed by atoms with Crippen LogP contribution in [0.15, 0.2) is 18.5 Å². The molecule has 0 bridgehead atoms. The Morgan fingerprint density at radius 3 is 2.74 bits per heavy atom. The van der Waals surface area contributed by atoms with Gasteiger partial charge in [-0.1, -0.05) is 25.8 Å². The van der Waals surface area contributed by atoms with Gasteiger partial charge in [-0.2, -0.15) is 0 Å². The molecule has 0 aliphatic heterocycles. The Morgan fingerprint density at radius 2 is 2.16 bits per heavy atom. The third-order valence-electron chi connectivity index (χ3n) is 4.73. The lowest BCUT2D eigenvalue weighted by Crippen LogP contribution is -2.54. The van der Waals surface area contributed by atoms with Crippen LogP contribution in [0.25, 0.3) is 0 Å². The van der Waals surface area contributed by atoms with E-state index in [0.29, 0.717) is 0 Å². The maximum absolute atomic E-state index is 6.66. The molecule has 1 aliphatic rings. The second-order valence-corrected chi connectivity index (χ2v) is 6.47. The molecule has 2 rings (SSSR count). The summed E-state index contributed by atoms with van der Waals surface area (Å²) in [6.07, 6.45) is 8.78. The Bertz CT molecular complexity index is 430. The van der Waals surface area contributed by atoms with E-state index in [1.165, 1.54) is 36.8 Å². The Kier molecular flexibility index (Phi) is 4.26. The van der Waals surface area contributed by atoms with E-state index in [2.05, 4.69) is 43.9 Å². The number of aromatic nitrogens is 1. The van der Waals surface area contributed by atoms with Gasteiger partial charge in [-0.3, -0.25) is 4.98 Å². The quantitative estimate of drug-likeness (QED) is 0.909. The van der Waals surface area contributed by atoms with Crippen LogP contribution in [-0.2, 0) is 0 Å². The van der Waals surface area contributed by atoms with Crippen LogP contribution in [-0.4, -0.2) is 29.5 Å². The molecule has 1 aromatic rings. The molecule has 3 unspecified atom stereocenters. The molecular weight excluding hydrogens is 234 g/mol. The van der Waals surface area contributed by atoms with E-state index in [1.54, 1.807) is 0 Å². The summed E-state index contributed by atoms with van der Waals surface area (Å²) in [7, 11) is 4.34. The highest BCUT2D eigenvalue weighted by molar-refractivity contribution is 5.24. The van der Waals surface area contributed by atoms with E-state index >= 15 is 0 Å². The minimum absolute atomic E-state index is 0.0395. The van der Waals surface area contributed by atoms with Crippen molar-refractivity contribution >= 4 is 0 Å². The average Bonchev–Trinajstić information content (AvgIpc) is 2.37. The molecule has 3 nitrogen and oxygen atoms in total. The first kappa shape index (κ1) is 14.5. The van der Waals surface area contributed by atoms with Crippen LogP contribution in [0, 0.1) is 12.8 Å². The molecule has 0 spiro atoms. The van der Waals surface area contributed by atoms with Gasteiger partial charge in [0.15, 0.2) is 0 Å². The van der Waals surface area contributed by atoms with Crippen LogP contribution in [0.3, 0.4) is 0 Å². The summed E-state index contributed by atoms with van der Waals surface area (Å²) < 4.78 is 0. The number of aryl methyl sites for hydroxylation is 1. The smallest absolute Gasteiger partial charge is 0.0497 e. The third-order valence-corrected chi connectivity index (χ3v) is 4.73. The van der Waals surface area contributed by atoms with Crippen LogP contribution in [0.1, 0.15) is 49.8 Å². The normalized spacial score (nSPS) is 29.5. The highest BCUT2D eigenvalue weighted by Crippen LogP contribution is 2.42. The van der Waals surface area contributed by atoms with Crippen LogP contribution in [0.4, 0.5) is 0 Å². The number of nitrogens with two attached hydrogens (primary N) is 1. The lowest BCUT2D eigenvalue weighted by Gasteiger charge is -2.49. The number of pyridine rings is 1. The van der Waals surface area contributed by atoms with Crippen molar-refractivity contribution < 1.29 is 0 Å². The molecule has 0 amide bonds. The monoisotopic (exact) mass is 261 g/mol. The number of rotatable bonds is 3. The summed E-state index contributed by atoms with van der Waals surface area (Å²) in [5.41, 5.74) is 9.09. The standard InChI is InChI=1S/C16H27N3/c1-12-6-5-7-16(9-12,19(3)4)15(17)14-8-13(2)10-18-11-14/h8,10-12,15H,5-7,9,17H2,1-4H3. The molecule has 3 heteroatoms. The fourth-order valence-corrected chi connectivity index (χ4v) is 3.59. The van der Waals surface area contributed by atoms with Gasteiger partial charge >= 0.3 is 0 Å². The first-order valence-electron chi connectivity index (χ1n) is 7.30. The molecule has 19 heavy (non-hydrogen) atoms. The molecule has 0 saturated heterocycles. The van der Waals surface area contributed by atoms with Crippen molar-refractivity contribution in [3.8, 4) is 0 Å². The highest BCUT2D eigenvalue weighted by atomic mass is 15.2. The predicted octanol–water partition coefficient (Wildman–Crippen LogP) is 2.90. The Hall–Kier alpha value is -0.930. The molecule has 3 atom stereocenters. The van der Waals surface area contributed by atoms with Gasteiger partial charge in [0.2, 0.25) is 0 Å². The highest BCUT2D eigenvalue weighted by Gasteiger charge is 2.42. The van der Waals surface area contributed by atoms with Crippen molar-refractivity contribution in [1.82, 2.24) is 9.88 Å². The van der Waals surface area contributed by atoms with E-state index in [1.807, 2.05) is 12.4 Å². The van der Waals surface area contributed by atoms with Crippen molar-refractivity contribution in [3.63, 3.8) is 0 Å². The average molecular weight is 261 g/mol. The summed E-state index contributed by atoms with van der Waals surface area (Å²) in [6, 6.07) is 2.22. The van der Waals surface area contributed by atoms with Crippen molar-refractivity contribution in [2.45, 2.75) is 51.1 Å². The molecule has 1 saturated carbocycles. The summed E-state index contributed by atoms with van der Waals surface area (Å²) in [4.78, 5) is 6.65. The van der Waals surface area contributed by atoms with Gasteiger partial charge in [0.05, 0.1) is 0 Å². The molecule has 1 fully saturated rings. The summed E-state index contributed by atoms with van der Waals surface area (Å²) in [6.45, 7) is 4.42.